The number of imidazole rings is 1. The third kappa shape index (κ3) is 4.34. The lowest BCUT2D eigenvalue weighted by Gasteiger charge is -2.36. The maximum absolute atomic E-state index is 12.6. The Morgan fingerprint density at radius 3 is 2.71 bits per heavy atom. The van der Waals surface area contributed by atoms with E-state index in [1.807, 2.05) is 71.3 Å². The van der Waals surface area contributed by atoms with Gasteiger partial charge in [0.05, 0.1) is 22.8 Å². The van der Waals surface area contributed by atoms with Crippen LogP contribution in [-0.2, 0) is 11.2 Å². The van der Waals surface area contributed by atoms with Crippen LogP contribution in [0.1, 0.15) is 51.2 Å². The van der Waals surface area contributed by atoms with E-state index < -0.39 is 0 Å². The molecule has 5 rings (SSSR count). The average Bonchev–Trinajstić information content (AvgIpc) is 3.62. The van der Waals surface area contributed by atoms with Gasteiger partial charge in [0.25, 0.3) is 0 Å². The van der Waals surface area contributed by atoms with Crippen molar-refractivity contribution in [3.63, 3.8) is 0 Å². The van der Waals surface area contributed by atoms with Crippen molar-refractivity contribution in [1.82, 2.24) is 9.55 Å². The number of amides is 1. The average molecular weight is 470 g/mol. The van der Waals surface area contributed by atoms with Gasteiger partial charge in [-0.25, -0.2) is 0 Å². The molecule has 1 aliphatic heterocycles. The standard InChI is InChI=1S/C28H31N5O2/c1-4-15-32-26-8-6-5-7-24(26)31-28(32)35-27-22(20(16-29)17-30-21-10-11-21)13-14-25-23(27)12-9-18(2)33(25)19(3)34/h4-8,13-18,21H,9-12,29H2,1-3H3/b15-4+,20-16?,30-17?/t18-/m0/s1. The number of para-hydroxylation sites is 2. The number of rotatable bonds is 6. The molecule has 3 aromatic rings. The molecule has 35 heavy (non-hydrogen) atoms. The first kappa shape index (κ1) is 22.9. The molecule has 1 saturated carbocycles. The molecule has 2 N–H and O–H groups in total. The molecule has 1 aliphatic carbocycles. The van der Waals surface area contributed by atoms with Crippen LogP contribution in [-0.4, -0.2) is 33.8 Å². The van der Waals surface area contributed by atoms with Gasteiger partial charge < -0.3 is 15.4 Å². The minimum absolute atomic E-state index is 0.0168. The van der Waals surface area contributed by atoms with Gasteiger partial charge in [-0.05, 0) is 63.8 Å². The zero-order valence-corrected chi connectivity index (χ0v) is 20.4. The van der Waals surface area contributed by atoms with E-state index in [0.29, 0.717) is 17.8 Å². The van der Waals surface area contributed by atoms with Crippen LogP contribution in [0.2, 0.25) is 0 Å². The molecule has 0 saturated heterocycles. The summed E-state index contributed by atoms with van der Waals surface area (Å²) in [7, 11) is 0. The predicted molar refractivity (Wildman–Crippen MR) is 142 cm³/mol. The summed E-state index contributed by atoms with van der Waals surface area (Å²) in [5, 5.41) is 0. The third-order valence-corrected chi connectivity index (χ3v) is 6.60. The molecule has 2 aliphatic rings. The van der Waals surface area contributed by atoms with Gasteiger partial charge in [0.1, 0.15) is 5.75 Å². The maximum atomic E-state index is 12.6. The van der Waals surface area contributed by atoms with Crippen molar-refractivity contribution in [2.75, 3.05) is 4.90 Å². The number of fused-ring (bicyclic) bond motifs is 2. The van der Waals surface area contributed by atoms with Crippen LogP contribution in [0.15, 0.2) is 53.7 Å². The maximum Gasteiger partial charge on any atom is 0.307 e. The Bertz CT molecular complexity index is 1360. The molecular formula is C28H31N5O2. The van der Waals surface area contributed by atoms with Crippen molar-refractivity contribution >= 4 is 40.6 Å². The molecule has 0 radical (unpaired) electrons. The van der Waals surface area contributed by atoms with Gasteiger partial charge in [-0.15, -0.1) is 0 Å². The van der Waals surface area contributed by atoms with Crippen molar-refractivity contribution in [1.29, 1.82) is 0 Å². The summed E-state index contributed by atoms with van der Waals surface area (Å²) in [4.78, 5) is 23.9. The minimum Gasteiger partial charge on any atom is -0.424 e. The summed E-state index contributed by atoms with van der Waals surface area (Å²) in [5.41, 5.74) is 11.4. The van der Waals surface area contributed by atoms with E-state index >= 15 is 0 Å². The Balaban J connectivity index is 1.69. The van der Waals surface area contributed by atoms with Crippen molar-refractivity contribution < 1.29 is 9.53 Å². The molecule has 1 aromatic heterocycles. The second-order valence-electron chi connectivity index (χ2n) is 9.19. The monoisotopic (exact) mass is 469 g/mol. The zero-order valence-electron chi connectivity index (χ0n) is 20.4. The largest absolute Gasteiger partial charge is 0.424 e. The van der Waals surface area contributed by atoms with E-state index in [0.717, 1.165) is 59.1 Å². The van der Waals surface area contributed by atoms with Crippen LogP contribution in [0.5, 0.6) is 11.8 Å². The van der Waals surface area contributed by atoms with Gasteiger partial charge in [-0.2, -0.15) is 4.98 Å². The number of carbonyl (C=O) groups is 1. The molecular weight excluding hydrogens is 438 g/mol. The number of benzene rings is 2. The second-order valence-corrected chi connectivity index (χ2v) is 9.19. The molecule has 2 heterocycles. The second kappa shape index (κ2) is 9.41. The Labute approximate surface area is 205 Å². The number of nitrogens with two attached hydrogens (primary N) is 1. The molecule has 1 amide bonds. The first-order valence-electron chi connectivity index (χ1n) is 12.2. The van der Waals surface area contributed by atoms with Crippen molar-refractivity contribution in [3.8, 4) is 11.8 Å². The lowest BCUT2D eigenvalue weighted by Crippen LogP contribution is -2.40. The number of allylic oxidation sites excluding steroid dienone is 2. The highest BCUT2D eigenvalue weighted by molar-refractivity contribution is 6.11. The molecule has 1 fully saturated rings. The fraction of sp³-hybridized carbons (Fsp3) is 0.321. The number of aromatic nitrogens is 2. The number of anilines is 1. The Morgan fingerprint density at radius 2 is 2.00 bits per heavy atom. The minimum atomic E-state index is 0.0168. The summed E-state index contributed by atoms with van der Waals surface area (Å²) in [6.45, 7) is 5.65. The lowest BCUT2D eigenvalue weighted by molar-refractivity contribution is -0.117. The fourth-order valence-electron chi connectivity index (χ4n) is 4.72. The molecule has 7 nitrogen and oxygen atoms in total. The van der Waals surface area contributed by atoms with Crippen molar-refractivity contribution in [2.45, 2.75) is 58.5 Å². The van der Waals surface area contributed by atoms with E-state index in [1.54, 1.807) is 13.1 Å². The number of hydrogen-bond acceptors (Lipinski definition) is 5. The third-order valence-electron chi connectivity index (χ3n) is 6.60. The molecule has 0 unspecified atom stereocenters. The lowest BCUT2D eigenvalue weighted by atomic mass is 9.92. The van der Waals surface area contributed by atoms with Gasteiger partial charge in [0, 0.05) is 48.3 Å². The molecule has 0 spiro atoms. The summed E-state index contributed by atoms with van der Waals surface area (Å²) in [6.07, 6.45) is 11.2. The van der Waals surface area contributed by atoms with Gasteiger partial charge in [-0.3, -0.25) is 14.4 Å². The van der Waals surface area contributed by atoms with Crippen LogP contribution in [0.3, 0.4) is 0 Å². The van der Waals surface area contributed by atoms with Crippen LogP contribution in [0.25, 0.3) is 22.8 Å². The van der Waals surface area contributed by atoms with Gasteiger partial charge in [0.2, 0.25) is 5.91 Å². The number of aliphatic imine (C=N–C) groups is 1. The Kier molecular flexibility index (Phi) is 6.16. The molecule has 7 heteroatoms. The van der Waals surface area contributed by atoms with Crippen LogP contribution < -0.4 is 15.4 Å². The van der Waals surface area contributed by atoms with Crippen LogP contribution >= 0.6 is 0 Å². The number of hydrogen-bond donors (Lipinski definition) is 1. The topological polar surface area (TPSA) is 85.7 Å². The first-order valence-corrected chi connectivity index (χ1v) is 12.2. The quantitative estimate of drug-likeness (QED) is 0.480. The van der Waals surface area contributed by atoms with E-state index in [4.69, 9.17) is 15.5 Å². The molecule has 180 valence electrons. The molecule has 0 bridgehead atoms. The fourth-order valence-corrected chi connectivity index (χ4v) is 4.72. The van der Waals surface area contributed by atoms with Crippen molar-refractivity contribution in [2.24, 2.45) is 10.7 Å². The summed E-state index contributed by atoms with van der Waals surface area (Å²) >= 11 is 0. The van der Waals surface area contributed by atoms with Crippen LogP contribution in [0.4, 0.5) is 5.69 Å². The Hall–Kier alpha value is -3.87. The summed E-state index contributed by atoms with van der Waals surface area (Å²) < 4.78 is 8.59. The normalized spacial score (nSPS) is 18.5. The highest BCUT2D eigenvalue weighted by Crippen LogP contribution is 2.43. The van der Waals surface area contributed by atoms with E-state index in [9.17, 15) is 4.79 Å². The zero-order chi connectivity index (χ0) is 24.5. The number of ether oxygens (including phenoxy) is 1. The van der Waals surface area contributed by atoms with E-state index in [2.05, 4.69) is 11.9 Å². The summed E-state index contributed by atoms with van der Waals surface area (Å²) in [6, 6.07) is 12.9. The number of nitrogens with zero attached hydrogens (tertiary/aromatic N) is 4. The van der Waals surface area contributed by atoms with Gasteiger partial charge in [-0.1, -0.05) is 18.2 Å². The molecule has 2 aromatic carbocycles. The van der Waals surface area contributed by atoms with E-state index in [-0.39, 0.29) is 11.9 Å². The summed E-state index contributed by atoms with van der Waals surface area (Å²) in [5.74, 6) is 0.684. The predicted octanol–water partition coefficient (Wildman–Crippen LogP) is 5.54. The van der Waals surface area contributed by atoms with E-state index in [1.165, 1.54) is 0 Å². The van der Waals surface area contributed by atoms with Gasteiger partial charge in [0.15, 0.2) is 0 Å². The first-order chi connectivity index (χ1) is 17.0. The van der Waals surface area contributed by atoms with Crippen LogP contribution in [0, 0.1) is 0 Å². The highest BCUT2D eigenvalue weighted by atomic mass is 16.5. The van der Waals surface area contributed by atoms with Crippen molar-refractivity contribution in [3.05, 3.63) is 59.8 Å². The van der Waals surface area contributed by atoms with Gasteiger partial charge >= 0.3 is 6.01 Å². The number of carbonyl (C=O) groups excluding carboxylic acids is 1. The Morgan fingerprint density at radius 1 is 1.20 bits per heavy atom. The molecule has 1 atom stereocenters. The smallest absolute Gasteiger partial charge is 0.307 e. The SMILES string of the molecule is C/C=C/n1c(Oc2c(C(C=NC3CC3)=CN)ccc3c2CC[C@H](C)N3C(C)=O)nc2ccccc21. The highest BCUT2D eigenvalue weighted by Gasteiger charge is 2.31.